The SMILES string of the molecule is CCCc1ccc(/C(C)=N\Nc2nc(C)cc(C)n2)cc1. The first kappa shape index (κ1) is 15.2. The molecule has 0 saturated carbocycles. The average molecular weight is 282 g/mol. The van der Waals surface area contributed by atoms with E-state index in [1.165, 1.54) is 5.56 Å². The summed E-state index contributed by atoms with van der Waals surface area (Å²) in [6.07, 6.45) is 2.28. The van der Waals surface area contributed by atoms with Gasteiger partial charge in [0.1, 0.15) is 0 Å². The molecule has 0 spiro atoms. The summed E-state index contributed by atoms with van der Waals surface area (Å²) in [6.45, 7) is 8.06. The topological polar surface area (TPSA) is 50.2 Å². The second-order valence-electron chi connectivity index (χ2n) is 5.23. The standard InChI is InChI=1S/C17H22N4/c1-5-6-15-7-9-16(10-8-15)14(4)20-21-17-18-12(2)11-13(3)19-17/h7-11H,5-6H2,1-4H3,(H,18,19,21)/b20-14-. The molecule has 1 aromatic carbocycles. The Hall–Kier alpha value is -2.23. The van der Waals surface area contributed by atoms with Crippen LogP contribution in [0.4, 0.5) is 5.95 Å². The van der Waals surface area contributed by atoms with Crippen LogP contribution >= 0.6 is 0 Å². The first-order valence-electron chi connectivity index (χ1n) is 7.30. The molecule has 0 atom stereocenters. The molecule has 0 amide bonds. The smallest absolute Gasteiger partial charge is 0.243 e. The summed E-state index contributed by atoms with van der Waals surface area (Å²) in [5.74, 6) is 0.537. The van der Waals surface area contributed by atoms with Gasteiger partial charge in [-0.2, -0.15) is 5.10 Å². The number of aromatic nitrogens is 2. The molecule has 110 valence electrons. The molecule has 0 fully saturated rings. The number of hydrogen-bond acceptors (Lipinski definition) is 4. The Kier molecular flexibility index (Phi) is 5.04. The summed E-state index contributed by atoms with van der Waals surface area (Å²) in [4.78, 5) is 8.62. The molecule has 2 rings (SSSR count). The van der Waals surface area contributed by atoms with Crippen molar-refractivity contribution < 1.29 is 0 Å². The lowest BCUT2D eigenvalue weighted by Crippen LogP contribution is -2.04. The maximum atomic E-state index is 4.36. The van der Waals surface area contributed by atoms with E-state index in [9.17, 15) is 0 Å². The van der Waals surface area contributed by atoms with Gasteiger partial charge in [-0.1, -0.05) is 37.6 Å². The van der Waals surface area contributed by atoms with Gasteiger partial charge in [0.2, 0.25) is 5.95 Å². The van der Waals surface area contributed by atoms with Gasteiger partial charge in [0, 0.05) is 11.4 Å². The van der Waals surface area contributed by atoms with Crippen LogP contribution in [0.2, 0.25) is 0 Å². The van der Waals surface area contributed by atoms with Crippen LogP contribution in [0, 0.1) is 13.8 Å². The van der Waals surface area contributed by atoms with E-state index in [-0.39, 0.29) is 0 Å². The van der Waals surface area contributed by atoms with Crippen molar-refractivity contribution in [2.45, 2.75) is 40.5 Å². The van der Waals surface area contributed by atoms with Gasteiger partial charge in [-0.05, 0) is 44.4 Å². The quantitative estimate of drug-likeness (QED) is 0.668. The predicted octanol–water partition coefficient (Wildman–Crippen LogP) is 3.88. The second-order valence-corrected chi connectivity index (χ2v) is 5.23. The summed E-state index contributed by atoms with van der Waals surface area (Å²) in [5, 5.41) is 4.36. The normalized spacial score (nSPS) is 11.5. The molecule has 0 saturated heterocycles. The van der Waals surface area contributed by atoms with Crippen LogP contribution in [0.5, 0.6) is 0 Å². The predicted molar refractivity (Wildman–Crippen MR) is 87.8 cm³/mol. The molecule has 0 unspecified atom stereocenters. The van der Waals surface area contributed by atoms with E-state index < -0.39 is 0 Å². The Bertz CT molecular complexity index is 609. The summed E-state index contributed by atoms with van der Waals surface area (Å²) in [6, 6.07) is 10.5. The van der Waals surface area contributed by atoms with Crippen LogP contribution in [-0.4, -0.2) is 15.7 Å². The van der Waals surface area contributed by atoms with Gasteiger partial charge in [-0.15, -0.1) is 0 Å². The first-order chi connectivity index (χ1) is 10.1. The van der Waals surface area contributed by atoms with Gasteiger partial charge in [-0.3, -0.25) is 0 Å². The Balaban J connectivity index is 2.09. The highest BCUT2D eigenvalue weighted by molar-refractivity contribution is 5.99. The Labute approximate surface area is 126 Å². The van der Waals surface area contributed by atoms with Crippen LogP contribution in [0.1, 0.15) is 42.8 Å². The van der Waals surface area contributed by atoms with Crippen LogP contribution in [0.3, 0.4) is 0 Å². The molecule has 0 aliphatic rings. The van der Waals surface area contributed by atoms with Gasteiger partial charge in [0.05, 0.1) is 5.71 Å². The lowest BCUT2D eigenvalue weighted by Gasteiger charge is -2.05. The number of hydrogen-bond donors (Lipinski definition) is 1. The lowest BCUT2D eigenvalue weighted by atomic mass is 10.1. The van der Waals surface area contributed by atoms with Crippen molar-refractivity contribution in [2.75, 3.05) is 5.43 Å². The van der Waals surface area contributed by atoms with E-state index in [2.05, 4.69) is 51.7 Å². The fraction of sp³-hybridized carbons (Fsp3) is 0.353. The van der Waals surface area contributed by atoms with E-state index in [1.54, 1.807) is 0 Å². The Morgan fingerprint density at radius 2 is 1.71 bits per heavy atom. The molecule has 0 bridgehead atoms. The Morgan fingerprint density at radius 3 is 2.29 bits per heavy atom. The molecule has 1 aromatic heterocycles. The second kappa shape index (κ2) is 6.97. The fourth-order valence-corrected chi connectivity index (χ4v) is 2.18. The number of anilines is 1. The van der Waals surface area contributed by atoms with Crippen molar-refractivity contribution in [1.29, 1.82) is 0 Å². The maximum absolute atomic E-state index is 4.36. The van der Waals surface area contributed by atoms with Crippen molar-refractivity contribution in [1.82, 2.24) is 9.97 Å². The van der Waals surface area contributed by atoms with Crippen molar-refractivity contribution in [2.24, 2.45) is 5.10 Å². The highest BCUT2D eigenvalue weighted by Gasteiger charge is 2.00. The number of nitrogens with one attached hydrogen (secondary N) is 1. The molecule has 4 nitrogen and oxygen atoms in total. The number of benzene rings is 1. The van der Waals surface area contributed by atoms with Gasteiger partial charge < -0.3 is 0 Å². The minimum Gasteiger partial charge on any atom is -0.245 e. The molecule has 4 heteroatoms. The van der Waals surface area contributed by atoms with Gasteiger partial charge >= 0.3 is 0 Å². The Morgan fingerprint density at radius 1 is 1.10 bits per heavy atom. The molecule has 0 aliphatic carbocycles. The number of hydrazone groups is 1. The fourth-order valence-electron chi connectivity index (χ4n) is 2.18. The molecule has 1 heterocycles. The largest absolute Gasteiger partial charge is 0.245 e. The summed E-state index contributed by atoms with van der Waals surface area (Å²) in [7, 11) is 0. The summed E-state index contributed by atoms with van der Waals surface area (Å²) in [5.41, 5.74) is 8.18. The first-order valence-corrected chi connectivity index (χ1v) is 7.30. The summed E-state index contributed by atoms with van der Waals surface area (Å²) < 4.78 is 0. The van der Waals surface area contributed by atoms with Crippen molar-refractivity contribution in [3.05, 3.63) is 52.8 Å². The average Bonchev–Trinajstić information content (AvgIpc) is 2.45. The third-order valence-corrected chi connectivity index (χ3v) is 3.22. The summed E-state index contributed by atoms with van der Waals surface area (Å²) >= 11 is 0. The van der Waals surface area contributed by atoms with Gasteiger partial charge in [0.25, 0.3) is 0 Å². The van der Waals surface area contributed by atoms with E-state index >= 15 is 0 Å². The van der Waals surface area contributed by atoms with Crippen LogP contribution in [0.15, 0.2) is 35.4 Å². The number of nitrogens with zero attached hydrogens (tertiary/aromatic N) is 3. The van der Waals surface area contributed by atoms with Gasteiger partial charge in [-0.25, -0.2) is 15.4 Å². The zero-order valence-corrected chi connectivity index (χ0v) is 13.1. The molecule has 0 aliphatic heterocycles. The zero-order valence-electron chi connectivity index (χ0n) is 13.1. The molecule has 21 heavy (non-hydrogen) atoms. The minimum atomic E-state index is 0.537. The van der Waals surface area contributed by atoms with Crippen molar-refractivity contribution in [3.8, 4) is 0 Å². The molecular formula is C17H22N4. The number of aryl methyl sites for hydroxylation is 3. The highest BCUT2D eigenvalue weighted by atomic mass is 15.4. The molecule has 0 radical (unpaired) electrons. The van der Waals surface area contributed by atoms with Crippen LogP contribution in [-0.2, 0) is 6.42 Å². The van der Waals surface area contributed by atoms with E-state index in [0.717, 1.165) is 35.5 Å². The van der Waals surface area contributed by atoms with E-state index in [0.29, 0.717) is 5.95 Å². The molecule has 2 aromatic rings. The molecule has 1 N–H and O–H groups in total. The van der Waals surface area contributed by atoms with Crippen LogP contribution in [0.25, 0.3) is 0 Å². The third-order valence-electron chi connectivity index (χ3n) is 3.22. The van der Waals surface area contributed by atoms with E-state index in [4.69, 9.17) is 0 Å². The van der Waals surface area contributed by atoms with Crippen molar-refractivity contribution >= 4 is 11.7 Å². The lowest BCUT2D eigenvalue weighted by molar-refractivity contribution is 0.922. The monoisotopic (exact) mass is 282 g/mol. The number of rotatable bonds is 5. The van der Waals surface area contributed by atoms with Crippen molar-refractivity contribution in [3.63, 3.8) is 0 Å². The van der Waals surface area contributed by atoms with Gasteiger partial charge in [0.15, 0.2) is 0 Å². The molecular weight excluding hydrogens is 260 g/mol. The minimum absolute atomic E-state index is 0.537. The van der Waals surface area contributed by atoms with Crippen LogP contribution < -0.4 is 5.43 Å². The van der Waals surface area contributed by atoms with E-state index in [1.807, 2.05) is 26.8 Å². The highest BCUT2D eigenvalue weighted by Crippen LogP contribution is 2.09. The maximum Gasteiger partial charge on any atom is 0.243 e. The third kappa shape index (κ3) is 4.38. The zero-order chi connectivity index (χ0) is 15.2.